The maximum absolute atomic E-state index is 11.8. The van der Waals surface area contributed by atoms with Crippen molar-refractivity contribution in [2.24, 2.45) is 0 Å². The number of benzene rings is 1. The smallest absolute Gasteiger partial charge is 0.231 e. The molecule has 1 aromatic rings. The Kier molecular flexibility index (Phi) is 4.27. The van der Waals surface area contributed by atoms with Gasteiger partial charge in [0, 0.05) is 20.0 Å². The molecule has 0 fully saturated rings. The lowest BCUT2D eigenvalue weighted by Gasteiger charge is -2.18. The fourth-order valence-electron chi connectivity index (χ4n) is 2.04. The maximum atomic E-state index is 11.8. The normalized spacial score (nSPS) is 14.3. The van der Waals surface area contributed by atoms with E-state index in [-0.39, 0.29) is 12.7 Å². The zero-order chi connectivity index (χ0) is 13.8. The first kappa shape index (κ1) is 13.7. The number of fused-ring (bicyclic) bond motifs is 1. The van der Waals surface area contributed by atoms with Crippen molar-refractivity contribution in [2.75, 3.05) is 20.4 Å². The summed E-state index contributed by atoms with van der Waals surface area (Å²) < 4.78 is 10.5. The van der Waals surface area contributed by atoms with Gasteiger partial charge in [0.15, 0.2) is 11.5 Å². The minimum atomic E-state index is -0.500. The Hall–Kier alpha value is -1.75. The van der Waals surface area contributed by atoms with Crippen molar-refractivity contribution in [1.82, 2.24) is 4.90 Å². The summed E-state index contributed by atoms with van der Waals surface area (Å²) in [5.74, 6) is 1.52. The van der Waals surface area contributed by atoms with E-state index < -0.39 is 6.10 Å². The molecule has 1 heterocycles. The molecule has 1 atom stereocenters. The van der Waals surface area contributed by atoms with Gasteiger partial charge >= 0.3 is 0 Å². The van der Waals surface area contributed by atoms with E-state index in [4.69, 9.17) is 9.47 Å². The second kappa shape index (κ2) is 5.93. The minimum absolute atomic E-state index is 0.0265. The first-order valence-electron chi connectivity index (χ1n) is 6.37. The number of ether oxygens (including phenoxy) is 2. The molecule has 1 unspecified atom stereocenters. The molecular formula is C14H19NO4. The van der Waals surface area contributed by atoms with E-state index in [2.05, 4.69) is 0 Å². The predicted molar refractivity (Wildman–Crippen MR) is 70.2 cm³/mol. The summed E-state index contributed by atoms with van der Waals surface area (Å²) in [4.78, 5) is 13.4. The van der Waals surface area contributed by atoms with Crippen LogP contribution < -0.4 is 9.47 Å². The van der Waals surface area contributed by atoms with Crippen LogP contribution in [0.1, 0.15) is 18.9 Å². The van der Waals surface area contributed by atoms with Crippen LogP contribution in [-0.2, 0) is 11.2 Å². The number of nitrogens with zero attached hydrogens (tertiary/aromatic N) is 1. The van der Waals surface area contributed by atoms with Gasteiger partial charge in [0.25, 0.3) is 0 Å². The van der Waals surface area contributed by atoms with Gasteiger partial charge in [0.1, 0.15) is 0 Å². The Morgan fingerprint density at radius 3 is 2.89 bits per heavy atom. The third kappa shape index (κ3) is 3.61. The summed E-state index contributed by atoms with van der Waals surface area (Å²) in [6.45, 7) is 2.29. The van der Waals surface area contributed by atoms with Crippen molar-refractivity contribution in [3.05, 3.63) is 23.8 Å². The van der Waals surface area contributed by atoms with Crippen molar-refractivity contribution in [3.63, 3.8) is 0 Å². The summed E-state index contributed by atoms with van der Waals surface area (Å²) in [6, 6.07) is 5.71. The molecule has 5 nitrogen and oxygen atoms in total. The molecular weight excluding hydrogens is 246 g/mol. The summed E-state index contributed by atoms with van der Waals surface area (Å²) in [5.41, 5.74) is 1.04. The molecule has 0 aromatic heterocycles. The van der Waals surface area contributed by atoms with E-state index in [1.54, 1.807) is 18.9 Å². The lowest BCUT2D eigenvalue weighted by molar-refractivity contribution is -0.131. The molecule has 0 aliphatic carbocycles. The number of amides is 1. The van der Waals surface area contributed by atoms with E-state index in [0.29, 0.717) is 19.4 Å². The van der Waals surface area contributed by atoms with Gasteiger partial charge in [-0.3, -0.25) is 4.79 Å². The van der Waals surface area contributed by atoms with Crippen molar-refractivity contribution >= 4 is 5.91 Å². The molecule has 0 bridgehead atoms. The number of aliphatic hydroxyl groups is 1. The quantitative estimate of drug-likeness (QED) is 0.868. The third-order valence-corrected chi connectivity index (χ3v) is 3.03. The summed E-state index contributed by atoms with van der Waals surface area (Å²) in [5, 5.41) is 9.24. The number of carbonyl (C=O) groups excluding carboxylic acids is 1. The van der Waals surface area contributed by atoms with E-state index in [9.17, 15) is 9.90 Å². The number of aliphatic hydroxyl groups excluding tert-OH is 1. The third-order valence-electron chi connectivity index (χ3n) is 3.03. The Balaban J connectivity index is 1.87. The number of carbonyl (C=O) groups is 1. The SMILES string of the molecule is CC(O)CN(C)C(=O)CCc1ccc2c(c1)OCO2. The van der Waals surface area contributed by atoms with Crippen molar-refractivity contribution in [1.29, 1.82) is 0 Å². The number of hydrogen-bond donors (Lipinski definition) is 1. The average Bonchev–Trinajstić information content (AvgIpc) is 2.82. The average molecular weight is 265 g/mol. The molecule has 1 N–H and O–H groups in total. The minimum Gasteiger partial charge on any atom is -0.454 e. The number of likely N-dealkylation sites (N-methyl/N-ethyl adjacent to an activating group) is 1. The van der Waals surface area contributed by atoms with Gasteiger partial charge in [0.2, 0.25) is 12.7 Å². The van der Waals surface area contributed by atoms with Gasteiger partial charge < -0.3 is 19.5 Å². The van der Waals surface area contributed by atoms with Crippen LogP contribution in [-0.4, -0.2) is 42.4 Å². The van der Waals surface area contributed by atoms with Crippen LogP contribution in [0.5, 0.6) is 11.5 Å². The highest BCUT2D eigenvalue weighted by molar-refractivity contribution is 5.76. The number of hydrogen-bond acceptors (Lipinski definition) is 4. The Morgan fingerprint density at radius 2 is 2.16 bits per heavy atom. The molecule has 2 rings (SSSR count). The van der Waals surface area contributed by atoms with Gasteiger partial charge in [-0.05, 0) is 31.0 Å². The van der Waals surface area contributed by atoms with Crippen molar-refractivity contribution < 1.29 is 19.4 Å². The largest absolute Gasteiger partial charge is 0.454 e. The molecule has 0 saturated heterocycles. The van der Waals surface area contributed by atoms with E-state index in [1.165, 1.54) is 0 Å². The van der Waals surface area contributed by atoms with Crippen LogP contribution in [0.4, 0.5) is 0 Å². The molecule has 1 aliphatic heterocycles. The van der Waals surface area contributed by atoms with Crippen molar-refractivity contribution in [2.45, 2.75) is 25.9 Å². The highest BCUT2D eigenvalue weighted by Gasteiger charge is 2.15. The number of aryl methyl sites for hydroxylation is 1. The summed E-state index contributed by atoms with van der Waals surface area (Å²) in [6.07, 6.45) is 0.571. The van der Waals surface area contributed by atoms with Gasteiger partial charge in [0.05, 0.1) is 6.10 Å². The maximum Gasteiger partial charge on any atom is 0.231 e. The lowest BCUT2D eigenvalue weighted by atomic mass is 10.1. The van der Waals surface area contributed by atoms with Crippen molar-refractivity contribution in [3.8, 4) is 11.5 Å². The second-order valence-corrected chi connectivity index (χ2v) is 4.81. The molecule has 104 valence electrons. The lowest BCUT2D eigenvalue weighted by Crippen LogP contribution is -2.33. The fourth-order valence-corrected chi connectivity index (χ4v) is 2.04. The van der Waals surface area contributed by atoms with Gasteiger partial charge in [-0.1, -0.05) is 6.07 Å². The molecule has 5 heteroatoms. The summed E-state index contributed by atoms with van der Waals surface area (Å²) in [7, 11) is 1.70. The van der Waals surface area contributed by atoms with E-state index in [0.717, 1.165) is 17.1 Å². The molecule has 1 aromatic carbocycles. The fraction of sp³-hybridized carbons (Fsp3) is 0.500. The molecule has 19 heavy (non-hydrogen) atoms. The molecule has 1 amide bonds. The highest BCUT2D eigenvalue weighted by atomic mass is 16.7. The Labute approximate surface area is 112 Å². The van der Waals surface area contributed by atoms with Crippen LogP contribution >= 0.6 is 0 Å². The molecule has 0 spiro atoms. The second-order valence-electron chi connectivity index (χ2n) is 4.81. The Bertz CT molecular complexity index is 459. The van der Waals surface area contributed by atoms with Crippen LogP contribution in [0, 0.1) is 0 Å². The molecule has 0 radical (unpaired) electrons. The van der Waals surface area contributed by atoms with E-state index in [1.807, 2.05) is 18.2 Å². The van der Waals surface area contributed by atoms with E-state index >= 15 is 0 Å². The van der Waals surface area contributed by atoms with Crippen LogP contribution in [0.2, 0.25) is 0 Å². The predicted octanol–water partition coefficient (Wildman–Crippen LogP) is 1.19. The summed E-state index contributed by atoms with van der Waals surface area (Å²) >= 11 is 0. The van der Waals surface area contributed by atoms with Crippen LogP contribution in [0.3, 0.4) is 0 Å². The first-order valence-corrected chi connectivity index (χ1v) is 6.37. The van der Waals surface area contributed by atoms with Crippen LogP contribution in [0.15, 0.2) is 18.2 Å². The van der Waals surface area contributed by atoms with Gasteiger partial charge in [-0.15, -0.1) is 0 Å². The highest BCUT2D eigenvalue weighted by Crippen LogP contribution is 2.32. The van der Waals surface area contributed by atoms with Gasteiger partial charge in [-0.2, -0.15) is 0 Å². The first-order chi connectivity index (χ1) is 9.06. The zero-order valence-electron chi connectivity index (χ0n) is 11.3. The number of rotatable bonds is 5. The molecule has 0 saturated carbocycles. The monoisotopic (exact) mass is 265 g/mol. The Morgan fingerprint density at radius 1 is 1.42 bits per heavy atom. The zero-order valence-corrected chi connectivity index (χ0v) is 11.3. The standard InChI is InChI=1S/C14H19NO4/c1-10(16)8-15(2)14(17)6-4-11-3-5-12-13(7-11)19-9-18-12/h3,5,7,10,16H,4,6,8-9H2,1-2H3. The van der Waals surface area contributed by atoms with Crippen LogP contribution in [0.25, 0.3) is 0 Å². The van der Waals surface area contributed by atoms with Gasteiger partial charge in [-0.25, -0.2) is 0 Å². The molecule has 1 aliphatic rings. The topological polar surface area (TPSA) is 59.0 Å².